The van der Waals surface area contributed by atoms with Gasteiger partial charge in [0.05, 0.1) is 36.9 Å². The van der Waals surface area contributed by atoms with Crippen molar-refractivity contribution in [2.24, 2.45) is 0 Å². The van der Waals surface area contributed by atoms with Crippen molar-refractivity contribution >= 4 is 34.8 Å². The molecule has 37 heavy (non-hydrogen) atoms. The van der Waals surface area contributed by atoms with E-state index in [0.717, 1.165) is 17.1 Å². The second-order valence-corrected chi connectivity index (χ2v) is 10.7. The summed E-state index contributed by atoms with van der Waals surface area (Å²) in [5, 5.41) is 3.13. The summed E-state index contributed by atoms with van der Waals surface area (Å²) in [6.07, 6.45) is 4.19. The van der Waals surface area contributed by atoms with E-state index < -0.39 is 5.79 Å². The molecule has 2 aliphatic rings. The van der Waals surface area contributed by atoms with Gasteiger partial charge in [-0.3, -0.25) is 9.59 Å². The summed E-state index contributed by atoms with van der Waals surface area (Å²) in [7, 11) is 0. The number of rotatable bonds is 8. The average Bonchev–Trinajstić information content (AvgIpc) is 3.67. The fourth-order valence-corrected chi connectivity index (χ4v) is 5.88. The highest BCUT2D eigenvalue weighted by Crippen LogP contribution is 2.32. The first kappa shape index (κ1) is 25.9. The normalized spacial score (nSPS) is 16.9. The van der Waals surface area contributed by atoms with Crippen LogP contribution in [0.5, 0.6) is 0 Å². The first-order valence-electron chi connectivity index (χ1n) is 12.7. The molecule has 4 heterocycles. The molecule has 0 bridgehead atoms. The number of likely N-dealkylation sites (tertiary alicyclic amines) is 1. The topological polar surface area (TPSA) is 76.9 Å². The van der Waals surface area contributed by atoms with E-state index in [0.29, 0.717) is 75.1 Å². The first-order valence-corrected chi connectivity index (χ1v) is 13.9. The third-order valence-electron chi connectivity index (χ3n) is 6.86. The zero-order valence-electron chi connectivity index (χ0n) is 20.9. The van der Waals surface area contributed by atoms with Crippen LogP contribution in [0.1, 0.15) is 57.7 Å². The highest BCUT2D eigenvalue weighted by molar-refractivity contribution is 7.09. The van der Waals surface area contributed by atoms with Crippen molar-refractivity contribution in [2.45, 2.75) is 45.1 Å². The van der Waals surface area contributed by atoms with Crippen LogP contribution >= 0.6 is 22.9 Å². The minimum absolute atomic E-state index is 0.0532. The van der Waals surface area contributed by atoms with Crippen LogP contribution in [0.4, 0.5) is 0 Å². The monoisotopic (exact) mass is 542 g/mol. The van der Waals surface area contributed by atoms with Crippen molar-refractivity contribution in [1.29, 1.82) is 0 Å². The summed E-state index contributed by atoms with van der Waals surface area (Å²) < 4.78 is 13.6. The molecule has 2 aromatic heterocycles. The molecule has 2 fully saturated rings. The molecule has 10 heteroatoms. The van der Waals surface area contributed by atoms with Gasteiger partial charge < -0.3 is 23.8 Å². The smallest absolute Gasteiger partial charge is 0.273 e. The van der Waals surface area contributed by atoms with Gasteiger partial charge in [0, 0.05) is 49.7 Å². The number of nitrogens with zero attached hydrogens (tertiary/aromatic N) is 4. The minimum atomic E-state index is -0.506. The van der Waals surface area contributed by atoms with Gasteiger partial charge in [-0.15, -0.1) is 11.3 Å². The van der Waals surface area contributed by atoms with E-state index in [2.05, 4.69) is 16.5 Å². The molecule has 5 rings (SSSR count). The number of amides is 2. The molecule has 8 nitrogen and oxygen atoms in total. The molecular formula is C27H31ClN4O4S. The summed E-state index contributed by atoms with van der Waals surface area (Å²) in [6.45, 7) is 6.10. The summed E-state index contributed by atoms with van der Waals surface area (Å²) in [5.74, 6) is -0.644. The van der Waals surface area contributed by atoms with Crippen molar-refractivity contribution in [3.05, 3.63) is 75.0 Å². The van der Waals surface area contributed by atoms with Crippen LogP contribution in [0.3, 0.4) is 0 Å². The lowest BCUT2D eigenvalue weighted by Gasteiger charge is -2.37. The number of hydrogen-bond donors (Lipinski definition) is 0. The molecule has 0 saturated carbocycles. The molecule has 2 amide bonds. The number of carbonyl (C=O) groups excluding carboxylic acids is 2. The number of ether oxygens (including phenoxy) is 2. The molecule has 0 unspecified atom stereocenters. The zero-order valence-corrected chi connectivity index (χ0v) is 22.5. The minimum Gasteiger partial charge on any atom is -0.347 e. The van der Waals surface area contributed by atoms with E-state index in [1.54, 1.807) is 12.1 Å². The van der Waals surface area contributed by atoms with Crippen molar-refractivity contribution in [2.75, 3.05) is 32.8 Å². The third kappa shape index (κ3) is 5.75. The molecule has 196 valence electrons. The van der Waals surface area contributed by atoms with E-state index in [4.69, 9.17) is 21.1 Å². The second kappa shape index (κ2) is 11.3. The number of piperidine rings is 1. The standard InChI is InChI=1S/C27H31ClN4O4S/c1-2-11-32(25(33)21-7-3-4-8-22(21)28)17-20-6-5-12-31(20)18-24-29-23(19-37-24)26(34)30-13-9-27(10-14-30)35-15-16-36-27/h3-8,12,19H,2,9-11,13-18H2,1H3. The van der Waals surface area contributed by atoms with Gasteiger partial charge in [-0.2, -0.15) is 0 Å². The Hall–Kier alpha value is -2.72. The van der Waals surface area contributed by atoms with E-state index in [9.17, 15) is 9.59 Å². The zero-order chi connectivity index (χ0) is 25.8. The highest BCUT2D eigenvalue weighted by Gasteiger charge is 2.41. The lowest BCUT2D eigenvalue weighted by atomic mass is 10.0. The first-order chi connectivity index (χ1) is 18.0. The fraction of sp³-hybridized carbons (Fsp3) is 0.444. The lowest BCUT2D eigenvalue weighted by molar-refractivity contribution is -0.181. The number of halogens is 1. The van der Waals surface area contributed by atoms with Gasteiger partial charge in [-0.05, 0) is 30.7 Å². The summed E-state index contributed by atoms with van der Waals surface area (Å²) in [5.41, 5.74) is 1.97. The van der Waals surface area contributed by atoms with E-state index in [1.165, 1.54) is 11.3 Å². The highest BCUT2D eigenvalue weighted by atomic mass is 35.5. The van der Waals surface area contributed by atoms with Gasteiger partial charge in [0.25, 0.3) is 11.8 Å². The SMILES string of the molecule is CCCN(Cc1cccn1Cc1nc(C(=O)N2CCC3(CC2)OCCO3)cs1)C(=O)c1ccccc1Cl. The van der Waals surface area contributed by atoms with Gasteiger partial charge in [0.15, 0.2) is 5.79 Å². The lowest BCUT2D eigenvalue weighted by Crippen LogP contribution is -2.47. The van der Waals surface area contributed by atoms with Gasteiger partial charge in [-0.25, -0.2) is 4.98 Å². The van der Waals surface area contributed by atoms with Crippen LogP contribution in [0, 0.1) is 0 Å². The van der Waals surface area contributed by atoms with Crippen LogP contribution in [0.2, 0.25) is 5.02 Å². The Kier molecular flexibility index (Phi) is 7.95. The fourth-order valence-electron chi connectivity index (χ4n) is 4.90. The Labute approximate surface area is 225 Å². The van der Waals surface area contributed by atoms with Crippen molar-refractivity contribution < 1.29 is 19.1 Å². The maximum absolute atomic E-state index is 13.2. The van der Waals surface area contributed by atoms with E-state index in [-0.39, 0.29) is 11.8 Å². The molecule has 0 aliphatic carbocycles. The number of carbonyl (C=O) groups is 2. The van der Waals surface area contributed by atoms with Gasteiger partial charge in [0.1, 0.15) is 10.7 Å². The van der Waals surface area contributed by atoms with Crippen LogP contribution < -0.4 is 0 Å². The average molecular weight is 543 g/mol. The van der Waals surface area contributed by atoms with Crippen molar-refractivity contribution in [1.82, 2.24) is 19.4 Å². The van der Waals surface area contributed by atoms with Crippen LogP contribution in [-0.4, -0.2) is 69.8 Å². The molecule has 2 aliphatic heterocycles. The Morgan fingerprint density at radius 2 is 1.89 bits per heavy atom. The maximum Gasteiger partial charge on any atom is 0.273 e. The maximum atomic E-state index is 13.2. The van der Waals surface area contributed by atoms with Gasteiger partial charge >= 0.3 is 0 Å². The van der Waals surface area contributed by atoms with Crippen molar-refractivity contribution in [3.63, 3.8) is 0 Å². The van der Waals surface area contributed by atoms with Crippen LogP contribution in [0.25, 0.3) is 0 Å². The van der Waals surface area contributed by atoms with Crippen molar-refractivity contribution in [3.8, 4) is 0 Å². The second-order valence-electron chi connectivity index (χ2n) is 9.36. The number of thiazole rings is 1. The van der Waals surface area contributed by atoms with Crippen LogP contribution in [-0.2, 0) is 22.6 Å². The third-order valence-corrected chi connectivity index (χ3v) is 8.03. The van der Waals surface area contributed by atoms with E-state index in [1.807, 2.05) is 45.6 Å². The molecular weight excluding hydrogens is 512 g/mol. The quantitative estimate of drug-likeness (QED) is 0.413. The Balaban J connectivity index is 1.23. The molecule has 2 saturated heterocycles. The molecule has 3 aromatic rings. The number of aromatic nitrogens is 2. The summed E-state index contributed by atoms with van der Waals surface area (Å²) in [6, 6.07) is 11.1. The summed E-state index contributed by atoms with van der Waals surface area (Å²) >= 11 is 7.77. The Morgan fingerprint density at radius 3 is 2.62 bits per heavy atom. The molecule has 1 spiro atoms. The Bertz CT molecular complexity index is 1240. The molecule has 0 N–H and O–H groups in total. The molecule has 0 radical (unpaired) electrons. The number of hydrogen-bond acceptors (Lipinski definition) is 6. The van der Waals surface area contributed by atoms with E-state index >= 15 is 0 Å². The number of benzene rings is 1. The Morgan fingerprint density at radius 1 is 1.14 bits per heavy atom. The molecule has 1 aromatic carbocycles. The van der Waals surface area contributed by atoms with Gasteiger partial charge in [0.2, 0.25) is 0 Å². The molecule has 0 atom stereocenters. The predicted octanol–water partition coefficient (Wildman–Crippen LogP) is 4.68. The predicted molar refractivity (Wildman–Crippen MR) is 142 cm³/mol. The summed E-state index contributed by atoms with van der Waals surface area (Å²) in [4.78, 5) is 34.6. The van der Waals surface area contributed by atoms with Crippen LogP contribution in [0.15, 0.2) is 48.0 Å². The van der Waals surface area contributed by atoms with Gasteiger partial charge in [-0.1, -0.05) is 30.7 Å². The largest absolute Gasteiger partial charge is 0.347 e.